The Hall–Kier alpha value is -1.62. The van der Waals surface area contributed by atoms with Crippen LogP contribution >= 0.6 is 0 Å². The van der Waals surface area contributed by atoms with Gasteiger partial charge < -0.3 is 10.3 Å². The molecule has 5 heteroatoms. The zero-order valence-electron chi connectivity index (χ0n) is 11.6. The number of carbonyl (C=O) groups excluding carboxylic acids is 1. The highest BCUT2D eigenvalue weighted by Gasteiger charge is 2.25. The predicted octanol–water partition coefficient (Wildman–Crippen LogP) is 1.94. The Balaban J connectivity index is 2.19. The highest BCUT2D eigenvalue weighted by atomic mass is 16.2. The van der Waals surface area contributed by atoms with Crippen LogP contribution in [-0.4, -0.2) is 28.9 Å². The molecule has 1 aromatic heterocycles. The van der Waals surface area contributed by atoms with E-state index in [1.807, 2.05) is 11.8 Å². The van der Waals surface area contributed by atoms with E-state index in [0.29, 0.717) is 17.2 Å². The molecule has 0 radical (unpaired) electrons. The summed E-state index contributed by atoms with van der Waals surface area (Å²) in [5, 5.41) is 0. The first-order chi connectivity index (χ1) is 9.15. The van der Waals surface area contributed by atoms with Crippen LogP contribution in [0.25, 0.3) is 0 Å². The van der Waals surface area contributed by atoms with Gasteiger partial charge in [-0.3, -0.25) is 15.6 Å². The maximum absolute atomic E-state index is 12.5. The van der Waals surface area contributed by atoms with E-state index in [1.165, 1.54) is 6.42 Å². The second kappa shape index (κ2) is 6.02. The number of hydrogen-bond donors (Lipinski definition) is 2. The minimum Gasteiger partial charge on any atom is -0.338 e. The van der Waals surface area contributed by atoms with Crippen LogP contribution in [-0.2, 0) is 0 Å². The van der Waals surface area contributed by atoms with E-state index in [2.05, 4.69) is 17.3 Å². The van der Waals surface area contributed by atoms with Crippen molar-refractivity contribution >= 4 is 11.6 Å². The number of rotatable bonds is 3. The van der Waals surface area contributed by atoms with Crippen molar-refractivity contribution in [3.8, 4) is 0 Å². The van der Waals surface area contributed by atoms with Crippen molar-refractivity contribution in [1.82, 2.24) is 9.88 Å². The number of carbonyl (C=O) groups is 1. The van der Waals surface area contributed by atoms with Crippen LogP contribution in [0.5, 0.6) is 0 Å². The molecule has 19 heavy (non-hydrogen) atoms. The normalized spacial score (nSPS) is 19.3. The number of amides is 1. The number of nitrogen functional groups attached to an aromatic ring is 1. The van der Waals surface area contributed by atoms with E-state index in [-0.39, 0.29) is 5.91 Å². The van der Waals surface area contributed by atoms with Crippen molar-refractivity contribution in [2.45, 2.75) is 33.1 Å². The largest absolute Gasteiger partial charge is 0.338 e. The molecule has 0 aromatic carbocycles. The lowest BCUT2D eigenvalue weighted by Gasteiger charge is -2.32. The number of nitrogens with zero attached hydrogens (tertiary/aromatic N) is 2. The number of nitrogens with two attached hydrogens (primary N) is 1. The lowest BCUT2D eigenvalue weighted by Crippen LogP contribution is -2.40. The summed E-state index contributed by atoms with van der Waals surface area (Å²) in [6, 6.07) is 1.80. The number of aromatic nitrogens is 1. The summed E-state index contributed by atoms with van der Waals surface area (Å²) in [6.45, 7) is 5.72. The van der Waals surface area contributed by atoms with Crippen molar-refractivity contribution in [3.63, 3.8) is 0 Å². The Bertz CT molecular complexity index is 461. The van der Waals surface area contributed by atoms with Crippen LogP contribution in [0, 0.1) is 12.8 Å². The molecule has 3 N–H and O–H groups in total. The molecule has 2 heterocycles. The minimum atomic E-state index is 0.0265. The zero-order valence-corrected chi connectivity index (χ0v) is 11.6. The van der Waals surface area contributed by atoms with Crippen LogP contribution in [0.1, 0.15) is 42.2 Å². The summed E-state index contributed by atoms with van der Waals surface area (Å²) >= 11 is 0. The monoisotopic (exact) mass is 262 g/mol. The van der Waals surface area contributed by atoms with Gasteiger partial charge in [-0.1, -0.05) is 13.3 Å². The molecule has 1 atom stereocenters. The second-order valence-corrected chi connectivity index (χ2v) is 5.18. The Morgan fingerprint density at radius 1 is 1.63 bits per heavy atom. The molecule has 0 spiro atoms. The smallest absolute Gasteiger partial charge is 0.257 e. The first-order valence-corrected chi connectivity index (χ1v) is 6.88. The number of hydrogen-bond acceptors (Lipinski definition) is 4. The maximum Gasteiger partial charge on any atom is 0.257 e. The molecule has 1 saturated heterocycles. The molecule has 1 aliphatic heterocycles. The molecule has 1 fully saturated rings. The maximum atomic E-state index is 12.5. The quantitative estimate of drug-likeness (QED) is 0.645. The minimum absolute atomic E-state index is 0.0265. The molecule has 104 valence electrons. The van der Waals surface area contributed by atoms with E-state index >= 15 is 0 Å². The Morgan fingerprint density at radius 3 is 3.11 bits per heavy atom. The summed E-state index contributed by atoms with van der Waals surface area (Å²) in [6.07, 6.45) is 5.03. The zero-order chi connectivity index (χ0) is 13.8. The molecule has 0 bridgehead atoms. The third-order valence-corrected chi connectivity index (χ3v) is 3.81. The van der Waals surface area contributed by atoms with E-state index in [4.69, 9.17) is 5.84 Å². The molecule has 0 saturated carbocycles. The van der Waals surface area contributed by atoms with E-state index in [0.717, 1.165) is 31.6 Å². The van der Waals surface area contributed by atoms with Gasteiger partial charge in [-0.25, -0.2) is 0 Å². The Morgan fingerprint density at radius 2 is 2.42 bits per heavy atom. The molecule has 0 aliphatic carbocycles. The summed E-state index contributed by atoms with van der Waals surface area (Å²) in [5.41, 5.74) is 4.65. The summed E-state index contributed by atoms with van der Waals surface area (Å²) in [5.74, 6) is 6.13. The van der Waals surface area contributed by atoms with Crippen molar-refractivity contribution in [2.24, 2.45) is 11.8 Å². The number of pyridine rings is 1. The molecule has 1 unspecified atom stereocenters. The number of hydrazine groups is 1. The predicted molar refractivity (Wildman–Crippen MR) is 75.7 cm³/mol. The number of likely N-dealkylation sites (tertiary alicyclic amines) is 1. The molecule has 2 rings (SSSR count). The van der Waals surface area contributed by atoms with Gasteiger partial charge in [-0.15, -0.1) is 0 Å². The lowest BCUT2D eigenvalue weighted by atomic mass is 9.95. The third kappa shape index (κ3) is 3.04. The van der Waals surface area contributed by atoms with Gasteiger partial charge in [-0.2, -0.15) is 0 Å². The summed E-state index contributed by atoms with van der Waals surface area (Å²) in [7, 11) is 0. The average Bonchev–Trinajstić information content (AvgIpc) is 2.46. The highest BCUT2D eigenvalue weighted by molar-refractivity contribution is 5.99. The van der Waals surface area contributed by atoms with Crippen LogP contribution in [0.15, 0.2) is 12.3 Å². The van der Waals surface area contributed by atoms with E-state index in [9.17, 15) is 4.79 Å². The van der Waals surface area contributed by atoms with Gasteiger partial charge in [0.1, 0.15) is 0 Å². The fourth-order valence-electron chi connectivity index (χ4n) is 2.60. The van der Waals surface area contributed by atoms with Crippen LogP contribution in [0.4, 0.5) is 5.69 Å². The number of aryl methyl sites for hydroxylation is 1. The van der Waals surface area contributed by atoms with Gasteiger partial charge in [0, 0.05) is 25.0 Å². The standard InChI is InChI=1S/C14H22N4O/c1-3-11-5-4-6-18(9-11)14(19)12-8-16-10(2)7-13(12)17-15/h7-8,11H,3-6,9,15H2,1-2H3,(H,16,17). The Kier molecular flexibility index (Phi) is 4.37. The van der Waals surface area contributed by atoms with Crippen molar-refractivity contribution in [3.05, 3.63) is 23.5 Å². The number of anilines is 1. The van der Waals surface area contributed by atoms with E-state index in [1.54, 1.807) is 12.3 Å². The number of piperidine rings is 1. The van der Waals surface area contributed by atoms with Crippen molar-refractivity contribution < 1.29 is 4.79 Å². The highest BCUT2D eigenvalue weighted by Crippen LogP contribution is 2.23. The first-order valence-electron chi connectivity index (χ1n) is 6.88. The fraction of sp³-hybridized carbons (Fsp3) is 0.571. The Labute approximate surface area is 114 Å². The fourth-order valence-corrected chi connectivity index (χ4v) is 2.60. The summed E-state index contributed by atoms with van der Waals surface area (Å²) in [4.78, 5) is 18.7. The van der Waals surface area contributed by atoms with Gasteiger partial charge in [-0.05, 0) is 31.7 Å². The van der Waals surface area contributed by atoms with Gasteiger partial charge in [0.15, 0.2) is 0 Å². The number of nitrogens with one attached hydrogen (secondary N) is 1. The third-order valence-electron chi connectivity index (χ3n) is 3.81. The molecular formula is C14H22N4O. The van der Waals surface area contributed by atoms with Gasteiger partial charge >= 0.3 is 0 Å². The molecule has 1 amide bonds. The van der Waals surface area contributed by atoms with Gasteiger partial charge in [0.05, 0.1) is 11.3 Å². The van der Waals surface area contributed by atoms with Gasteiger partial charge in [0.25, 0.3) is 5.91 Å². The van der Waals surface area contributed by atoms with Crippen LogP contribution < -0.4 is 11.3 Å². The van der Waals surface area contributed by atoms with Gasteiger partial charge in [0.2, 0.25) is 0 Å². The SMILES string of the molecule is CCC1CCCN(C(=O)c2cnc(C)cc2NN)C1. The van der Waals surface area contributed by atoms with Crippen LogP contribution in [0.3, 0.4) is 0 Å². The average molecular weight is 262 g/mol. The second-order valence-electron chi connectivity index (χ2n) is 5.18. The lowest BCUT2D eigenvalue weighted by molar-refractivity contribution is 0.0671. The van der Waals surface area contributed by atoms with Crippen LogP contribution in [0.2, 0.25) is 0 Å². The summed E-state index contributed by atoms with van der Waals surface area (Å²) < 4.78 is 0. The first kappa shape index (κ1) is 13.8. The van der Waals surface area contributed by atoms with Crippen molar-refractivity contribution in [1.29, 1.82) is 0 Å². The van der Waals surface area contributed by atoms with E-state index < -0.39 is 0 Å². The molecule has 1 aromatic rings. The topological polar surface area (TPSA) is 71.2 Å². The molecule has 1 aliphatic rings. The van der Waals surface area contributed by atoms with Crippen molar-refractivity contribution in [2.75, 3.05) is 18.5 Å². The molecule has 5 nitrogen and oxygen atoms in total. The molecular weight excluding hydrogens is 240 g/mol.